The molecule has 0 aliphatic carbocycles. The van der Waals surface area contributed by atoms with Gasteiger partial charge in [-0.3, -0.25) is 4.74 Å². The van der Waals surface area contributed by atoms with Gasteiger partial charge in [-0.05, 0) is 27.7 Å². The zero-order chi connectivity index (χ0) is 11.8. The van der Waals surface area contributed by atoms with E-state index in [1.165, 1.54) is 0 Å². The largest absolute Gasteiger partial charge is 0.523 e. The van der Waals surface area contributed by atoms with Gasteiger partial charge in [0, 0.05) is 5.34 Å². The number of rotatable bonds is 3. The third kappa shape index (κ3) is 3.06. The van der Waals surface area contributed by atoms with Gasteiger partial charge in [0.05, 0.1) is 5.60 Å². The number of alkyl halides is 3. The average Bonchev–Trinajstić information content (AvgIpc) is 1.80. The van der Waals surface area contributed by atoms with E-state index in [9.17, 15) is 22.1 Å². The first kappa shape index (κ1) is 13.6. The molecule has 0 aromatic rings. The predicted octanol–water partition coefficient (Wildman–Crippen LogP) is 3.15. The van der Waals surface area contributed by atoms with Crippen LogP contribution < -0.4 is 0 Å². The van der Waals surface area contributed by atoms with Gasteiger partial charge in [-0.25, -0.2) is 0 Å². The Morgan fingerprint density at radius 1 is 0.929 bits per heavy atom. The van der Waals surface area contributed by atoms with Crippen LogP contribution in [0.4, 0.5) is 22.1 Å². The summed E-state index contributed by atoms with van der Waals surface area (Å²) >= 11 is 0. The van der Waals surface area contributed by atoms with Crippen LogP contribution in [0.3, 0.4) is 0 Å². The van der Waals surface area contributed by atoms with Crippen molar-refractivity contribution in [2.45, 2.75) is 45.2 Å². The zero-order valence-electron chi connectivity index (χ0n) is 8.25. The van der Waals surface area contributed by atoms with E-state index in [0.29, 0.717) is 0 Å². The van der Waals surface area contributed by atoms with Crippen LogP contribution in [-0.2, 0) is 4.74 Å². The van der Waals surface area contributed by atoms with E-state index in [1.807, 2.05) is 0 Å². The minimum atomic E-state index is -4.93. The molecule has 0 atom stereocenters. The molecule has 0 radical (unpaired) electrons. The van der Waals surface area contributed by atoms with Crippen molar-refractivity contribution in [2.75, 3.05) is 0 Å². The van der Waals surface area contributed by atoms with Crippen LogP contribution in [0.25, 0.3) is 0 Å². The maximum absolute atomic E-state index is 12.3. The SMILES string of the molecule is CC(C)(OC(F)(F)F)C(C)(C)N(F)F. The van der Waals surface area contributed by atoms with Crippen molar-refractivity contribution in [1.29, 1.82) is 0 Å². The minimum Gasteiger partial charge on any atom is -0.284 e. The molecule has 0 amide bonds. The highest BCUT2D eigenvalue weighted by molar-refractivity contribution is 4.92. The molecule has 0 aliphatic rings. The van der Waals surface area contributed by atoms with E-state index in [1.54, 1.807) is 0 Å². The molecule has 0 aromatic carbocycles. The van der Waals surface area contributed by atoms with Crippen molar-refractivity contribution >= 4 is 0 Å². The molecule has 0 bridgehead atoms. The molecule has 0 aliphatic heterocycles. The minimum absolute atomic E-state index is 0.951. The van der Waals surface area contributed by atoms with Crippen LogP contribution >= 0.6 is 0 Å². The fourth-order valence-electron chi connectivity index (χ4n) is 0.618. The van der Waals surface area contributed by atoms with Crippen molar-refractivity contribution < 1.29 is 26.9 Å². The summed E-state index contributed by atoms with van der Waals surface area (Å²) in [4.78, 5) is 0. The maximum Gasteiger partial charge on any atom is 0.523 e. The second-order valence-electron chi connectivity index (χ2n) is 3.85. The number of halogens is 5. The van der Waals surface area contributed by atoms with Crippen LogP contribution in [0.2, 0.25) is 0 Å². The molecule has 14 heavy (non-hydrogen) atoms. The summed E-state index contributed by atoms with van der Waals surface area (Å²) < 4.78 is 63.7. The first-order valence-corrected chi connectivity index (χ1v) is 3.79. The summed E-state index contributed by atoms with van der Waals surface area (Å²) in [7, 11) is 0. The van der Waals surface area contributed by atoms with Gasteiger partial charge >= 0.3 is 6.36 Å². The Hall–Kier alpha value is -0.430. The molecule has 2 nitrogen and oxygen atoms in total. The molecule has 0 saturated heterocycles. The molecule has 86 valence electrons. The van der Waals surface area contributed by atoms with E-state index in [2.05, 4.69) is 4.74 Å². The number of hydrogen-bond acceptors (Lipinski definition) is 2. The van der Waals surface area contributed by atoms with E-state index < -0.39 is 22.8 Å². The van der Waals surface area contributed by atoms with Gasteiger partial charge in [0.2, 0.25) is 0 Å². The quantitative estimate of drug-likeness (QED) is 0.536. The van der Waals surface area contributed by atoms with E-state index in [-0.39, 0.29) is 0 Å². The van der Waals surface area contributed by atoms with Crippen molar-refractivity contribution in [3.05, 3.63) is 0 Å². The Morgan fingerprint density at radius 3 is 1.50 bits per heavy atom. The first-order valence-electron chi connectivity index (χ1n) is 3.79. The highest BCUT2D eigenvalue weighted by Crippen LogP contribution is 2.36. The van der Waals surface area contributed by atoms with Gasteiger partial charge in [0.1, 0.15) is 5.54 Å². The molecule has 0 rings (SSSR count). The fourth-order valence-corrected chi connectivity index (χ4v) is 0.618. The fraction of sp³-hybridized carbons (Fsp3) is 1.00. The van der Waals surface area contributed by atoms with Gasteiger partial charge in [0.15, 0.2) is 0 Å². The Kier molecular flexibility index (Phi) is 3.51. The van der Waals surface area contributed by atoms with Crippen molar-refractivity contribution in [3.63, 3.8) is 0 Å². The Morgan fingerprint density at radius 2 is 1.29 bits per heavy atom. The molecule has 0 N–H and O–H groups in total. The summed E-state index contributed by atoms with van der Waals surface area (Å²) in [5, 5.41) is -1.29. The van der Waals surface area contributed by atoms with E-state index in [4.69, 9.17) is 0 Å². The lowest BCUT2D eigenvalue weighted by Crippen LogP contribution is -2.55. The van der Waals surface area contributed by atoms with Crippen LogP contribution in [0.15, 0.2) is 0 Å². The van der Waals surface area contributed by atoms with Crippen LogP contribution in [0.5, 0.6) is 0 Å². The molecule has 0 saturated carbocycles. The molecule has 0 heterocycles. The van der Waals surface area contributed by atoms with Gasteiger partial charge in [-0.15, -0.1) is 22.1 Å². The van der Waals surface area contributed by atoms with Gasteiger partial charge < -0.3 is 0 Å². The molecule has 0 aromatic heterocycles. The predicted molar refractivity (Wildman–Crippen MR) is 39.4 cm³/mol. The number of nitrogens with zero attached hydrogens (tertiary/aromatic N) is 1. The Bertz CT molecular complexity index is 199. The average molecular weight is 221 g/mol. The lowest BCUT2D eigenvalue weighted by Gasteiger charge is -2.40. The summed E-state index contributed by atoms with van der Waals surface area (Å²) in [6.07, 6.45) is -4.93. The molecule has 0 fully saturated rings. The van der Waals surface area contributed by atoms with Crippen LogP contribution in [-0.4, -0.2) is 22.8 Å². The van der Waals surface area contributed by atoms with Crippen molar-refractivity contribution in [2.24, 2.45) is 0 Å². The first-order chi connectivity index (χ1) is 5.90. The summed E-state index contributed by atoms with van der Waals surface area (Å²) in [6.45, 7) is 3.82. The molecular formula is C7H12F5NO. The smallest absolute Gasteiger partial charge is 0.284 e. The maximum atomic E-state index is 12.3. The summed E-state index contributed by atoms with van der Waals surface area (Å²) in [6, 6.07) is 0. The second-order valence-corrected chi connectivity index (χ2v) is 3.85. The van der Waals surface area contributed by atoms with Gasteiger partial charge in [-0.2, -0.15) is 0 Å². The Balaban J connectivity index is 4.78. The third-order valence-corrected chi connectivity index (χ3v) is 2.27. The monoisotopic (exact) mass is 221 g/mol. The molecule has 0 unspecified atom stereocenters. The highest BCUT2D eigenvalue weighted by Gasteiger charge is 2.51. The van der Waals surface area contributed by atoms with Crippen molar-refractivity contribution in [3.8, 4) is 0 Å². The summed E-state index contributed by atoms with van der Waals surface area (Å²) in [5.74, 6) is 0. The lowest BCUT2D eigenvalue weighted by molar-refractivity contribution is -0.393. The van der Waals surface area contributed by atoms with E-state index in [0.717, 1.165) is 27.7 Å². The number of hydrogen-bond donors (Lipinski definition) is 0. The normalized spacial score (nSPS) is 15.0. The second kappa shape index (κ2) is 3.62. The molecule has 0 spiro atoms. The van der Waals surface area contributed by atoms with Crippen LogP contribution in [0, 0.1) is 0 Å². The van der Waals surface area contributed by atoms with Gasteiger partial charge in [-0.1, -0.05) is 0 Å². The van der Waals surface area contributed by atoms with Gasteiger partial charge in [0.25, 0.3) is 0 Å². The topological polar surface area (TPSA) is 12.5 Å². The standard InChI is InChI=1S/C7H12F5NO/c1-5(2,13(11)12)6(3,4)14-7(8,9)10/h1-4H3. The lowest BCUT2D eigenvalue weighted by atomic mass is 9.86. The molecule has 7 heteroatoms. The Labute approximate surface area is 78.5 Å². The highest BCUT2D eigenvalue weighted by atomic mass is 19.4. The number of ether oxygens (including phenoxy) is 1. The van der Waals surface area contributed by atoms with Crippen LogP contribution in [0.1, 0.15) is 27.7 Å². The summed E-state index contributed by atoms with van der Waals surface area (Å²) in [5.41, 5.74) is -4.09. The third-order valence-electron chi connectivity index (χ3n) is 2.27. The van der Waals surface area contributed by atoms with Crippen molar-refractivity contribution in [1.82, 2.24) is 5.34 Å². The molecular weight excluding hydrogens is 209 g/mol. The van der Waals surface area contributed by atoms with E-state index >= 15 is 0 Å². The zero-order valence-corrected chi connectivity index (χ0v) is 8.25.